The molecule has 0 amide bonds. The van der Waals surface area contributed by atoms with Crippen molar-refractivity contribution in [2.45, 2.75) is 0 Å². The minimum absolute atomic E-state index is 0. The topological polar surface area (TPSA) is 17.1 Å². The number of rotatable bonds is 1. The van der Waals surface area contributed by atoms with Gasteiger partial charge < -0.3 is 4.79 Å². The zero-order chi connectivity index (χ0) is 8.43. The third-order valence-electron chi connectivity index (χ3n) is 1.11. The number of carbonyl (C=O) groups excluding carboxylic acids is 1. The Kier molecular flexibility index (Phi) is 4.18. The quantitative estimate of drug-likeness (QED) is 0.708. The van der Waals surface area contributed by atoms with Crippen LogP contribution in [0.3, 0.4) is 0 Å². The van der Waals surface area contributed by atoms with E-state index in [4.69, 9.17) is 0 Å². The molecule has 0 atom stereocenters. The third kappa shape index (κ3) is 2.17. The van der Waals surface area contributed by atoms with Crippen LogP contribution in [-0.4, -0.2) is 6.29 Å². The van der Waals surface area contributed by atoms with Crippen LogP contribution in [0.5, 0.6) is 0 Å². The van der Waals surface area contributed by atoms with Crippen molar-refractivity contribution in [1.29, 1.82) is 0 Å². The minimum Gasteiger partial charge on any atom is -0.376 e. The maximum Gasteiger partial charge on any atom is 0.104 e. The number of hydrogen-bond donors (Lipinski definition) is 0. The van der Waals surface area contributed by atoms with Gasteiger partial charge in [-0.15, -0.1) is 0 Å². The van der Waals surface area contributed by atoms with Gasteiger partial charge in [0.1, 0.15) is 5.82 Å². The monoisotopic (exact) mass is 343 g/mol. The summed E-state index contributed by atoms with van der Waals surface area (Å²) in [5, 5.41) is 0. The molecule has 5 heteroatoms. The van der Waals surface area contributed by atoms with E-state index >= 15 is 0 Å². The van der Waals surface area contributed by atoms with Crippen LogP contribution in [0, 0.1) is 17.5 Å². The predicted molar refractivity (Wildman–Crippen MR) is 31.1 cm³/mol. The van der Waals surface area contributed by atoms with Gasteiger partial charge in [-0.25, -0.2) is 4.39 Å². The standard InChI is InChI=1S/C7H2F3O.W/c8-4-1-6(9)5(3-11)7(10)2-4;/h1-2H;/q-1;. The van der Waals surface area contributed by atoms with Crippen LogP contribution in [-0.2, 0) is 25.9 Å². The van der Waals surface area contributed by atoms with E-state index < -0.39 is 23.0 Å². The Morgan fingerprint density at radius 1 is 1.08 bits per heavy atom. The largest absolute Gasteiger partial charge is 0.376 e. The summed E-state index contributed by atoms with van der Waals surface area (Å²) in [6, 6.07) is 0.840. The molecular formula is C7H2F3OW-. The summed E-state index contributed by atoms with van der Waals surface area (Å²) in [5.41, 5.74) is -0.869. The average molecular weight is 343 g/mol. The molecule has 0 saturated carbocycles. The molecule has 0 aliphatic carbocycles. The van der Waals surface area contributed by atoms with E-state index in [1.165, 1.54) is 0 Å². The molecule has 0 aromatic heterocycles. The molecule has 0 N–H and O–H groups in total. The van der Waals surface area contributed by atoms with Crippen molar-refractivity contribution < 1.29 is 39.0 Å². The Morgan fingerprint density at radius 3 is 1.83 bits per heavy atom. The average Bonchev–Trinajstić information content (AvgIpc) is 1.85. The van der Waals surface area contributed by atoms with Crippen molar-refractivity contribution in [3.8, 4) is 0 Å². The van der Waals surface area contributed by atoms with Gasteiger partial charge in [0.15, 0.2) is 0 Å². The fraction of sp³-hybridized carbons (Fsp3) is 0. The third-order valence-corrected chi connectivity index (χ3v) is 1.11. The number of benzene rings is 1. The van der Waals surface area contributed by atoms with E-state index in [-0.39, 0.29) is 21.1 Å². The molecule has 12 heavy (non-hydrogen) atoms. The minimum atomic E-state index is -1.24. The molecule has 0 aliphatic heterocycles. The molecule has 0 saturated heterocycles. The first-order valence-corrected chi connectivity index (χ1v) is 2.68. The van der Waals surface area contributed by atoms with Crippen molar-refractivity contribution >= 4 is 6.29 Å². The molecule has 0 bridgehead atoms. The molecule has 0 heterocycles. The van der Waals surface area contributed by atoms with E-state index in [9.17, 15) is 18.0 Å². The maximum atomic E-state index is 12.4. The van der Waals surface area contributed by atoms with Crippen LogP contribution in [0.2, 0.25) is 0 Å². The van der Waals surface area contributed by atoms with Gasteiger partial charge in [0.05, 0.1) is 6.29 Å². The van der Waals surface area contributed by atoms with Crippen molar-refractivity contribution in [3.05, 3.63) is 35.1 Å². The van der Waals surface area contributed by atoms with Gasteiger partial charge in [-0.1, -0.05) is 5.56 Å². The van der Waals surface area contributed by atoms with Gasteiger partial charge in [0, 0.05) is 32.7 Å². The summed E-state index contributed by atoms with van der Waals surface area (Å²) < 4.78 is 36.9. The molecule has 0 radical (unpaired) electrons. The second-order valence-corrected chi connectivity index (χ2v) is 1.85. The van der Waals surface area contributed by atoms with E-state index in [1.54, 1.807) is 0 Å². The Bertz CT molecular complexity index is 278. The van der Waals surface area contributed by atoms with Crippen molar-refractivity contribution in [2.24, 2.45) is 0 Å². The van der Waals surface area contributed by atoms with Gasteiger partial charge >= 0.3 is 0 Å². The molecule has 1 rings (SSSR count). The first kappa shape index (κ1) is 11.4. The van der Waals surface area contributed by atoms with Crippen molar-refractivity contribution in [2.75, 3.05) is 0 Å². The molecule has 64 valence electrons. The Balaban J connectivity index is 0.00000121. The molecule has 0 unspecified atom stereocenters. The SMILES string of the molecule is O=[C-]c1c(F)cc(F)cc1F.[W]. The van der Waals surface area contributed by atoms with Crippen molar-refractivity contribution in [3.63, 3.8) is 0 Å². The van der Waals surface area contributed by atoms with Crippen LogP contribution in [0.15, 0.2) is 12.1 Å². The zero-order valence-corrected chi connectivity index (χ0v) is 8.54. The summed E-state index contributed by atoms with van der Waals surface area (Å²) in [5.74, 6) is -3.53. The molecule has 1 aromatic carbocycles. The summed E-state index contributed by atoms with van der Waals surface area (Å²) in [6.45, 7) is 0. The van der Waals surface area contributed by atoms with Crippen molar-refractivity contribution in [1.82, 2.24) is 0 Å². The summed E-state index contributed by atoms with van der Waals surface area (Å²) in [6.07, 6.45) is 1.02. The van der Waals surface area contributed by atoms with Crippen LogP contribution < -0.4 is 0 Å². The van der Waals surface area contributed by atoms with Gasteiger partial charge in [-0.2, -0.15) is 0 Å². The first-order valence-electron chi connectivity index (χ1n) is 2.68. The molecule has 1 nitrogen and oxygen atoms in total. The van der Waals surface area contributed by atoms with E-state index in [2.05, 4.69) is 0 Å². The second-order valence-electron chi connectivity index (χ2n) is 1.85. The Labute approximate surface area is 80.8 Å². The van der Waals surface area contributed by atoms with E-state index in [1.807, 2.05) is 0 Å². The first-order chi connectivity index (χ1) is 5.15. The smallest absolute Gasteiger partial charge is 0.104 e. The van der Waals surface area contributed by atoms with Crippen LogP contribution in [0.25, 0.3) is 0 Å². The summed E-state index contributed by atoms with van der Waals surface area (Å²) in [7, 11) is 0. The maximum absolute atomic E-state index is 12.4. The molecule has 0 spiro atoms. The van der Waals surface area contributed by atoms with Gasteiger partial charge in [-0.3, -0.25) is 8.78 Å². The number of halogens is 3. The Morgan fingerprint density at radius 2 is 1.50 bits per heavy atom. The van der Waals surface area contributed by atoms with Gasteiger partial charge in [0.25, 0.3) is 0 Å². The Hall–Kier alpha value is -0.632. The summed E-state index contributed by atoms with van der Waals surface area (Å²) in [4.78, 5) is 9.83. The normalized spacial score (nSPS) is 8.92. The van der Waals surface area contributed by atoms with E-state index in [0.29, 0.717) is 12.1 Å². The summed E-state index contributed by atoms with van der Waals surface area (Å²) >= 11 is 0. The van der Waals surface area contributed by atoms with Crippen LogP contribution in [0.1, 0.15) is 5.56 Å². The number of hydrogen-bond acceptors (Lipinski definition) is 1. The molecule has 1 aromatic rings. The van der Waals surface area contributed by atoms with Crippen LogP contribution >= 0.6 is 0 Å². The van der Waals surface area contributed by atoms with Crippen LogP contribution in [0.4, 0.5) is 13.2 Å². The fourth-order valence-corrected chi connectivity index (χ4v) is 0.640. The molecular weight excluding hydrogens is 341 g/mol. The molecule has 0 aliphatic rings. The fourth-order valence-electron chi connectivity index (χ4n) is 0.640. The second kappa shape index (κ2) is 4.41. The predicted octanol–water partition coefficient (Wildman–Crippen LogP) is 1.56. The van der Waals surface area contributed by atoms with E-state index in [0.717, 1.165) is 6.29 Å². The zero-order valence-electron chi connectivity index (χ0n) is 5.61. The van der Waals surface area contributed by atoms with Gasteiger partial charge in [-0.05, 0) is 12.1 Å². The van der Waals surface area contributed by atoms with Gasteiger partial charge in [0.2, 0.25) is 0 Å². The molecule has 0 fully saturated rings.